The Morgan fingerprint density at radius 2 is 1.53 bits per heavy atom. The molecule has 1 fully saturated rings. The van der Waals surface area contributed by atoms with Gasteiger partial charge in [-0.2, -0.15) is 0 Å². The number of ether oxygens (including phenoxy) is 1. The monoisotopic (exact) mass is 425 g/mol. The summed E-state index contributed by atoms with van der Waals surface area (Å²) in [4.78, 5) is 38.6. The topological polar surface area (TPSA) is 63.7 Å². The molecule has 1 aliphatic rings. The zero-order chi connectivity index (χ0) is 21.3. The van der Waals surface area contributed by atoms with Gasteiger partial charge in [0.25, 0.3) is 0 Å². The minimum Gasteiger partial charge on any atom is -0.426 e. The highest BCUT2D eigenvalue weighted by Gasteiger charge is 2.22. The van der Waals surface area contributed by atoms with Crippen molar-refractivity contribution in [3.8, 4) is 5.75 Å². The van der Waals surface area contributed by atoms with Crippen LogP contribution in [0.1, 0.15) is 48.0 Å². The average Bonchev–Trinajstić information content (AvgIpc) is 2.79. The van der Waals surface area contributed by atoms with Crippen LogP contribution in [0.2, 0.25) is 0 Å². The van der Waals surface area contributed by atoms with Gasteiger partial charge < -0.3 is 9.64 Å². The normalized spacial score (nSPS) is 14.2. The molecule has 1 saturated carbocycles. The van der Waals surface area contributed by atoms with E-state index in [2.05, 4.69) is 0 Å². The second kappa shape index (κ2) is 11.0. The largest absolute Gasteiger partial charge is 0.426 e. The summed E-state index contributed by atoms with van der Waals surface area (Å²) < 4.78 is 5.32. The van der Waals surface area contributed by atoms with E-state index in [0.717, 1.165) is 12.8 Å². The predicted molar refractivity (Wildman–Crippen MR) is 119 cm³/mol. The highest BCUT2D eigenvalue weighted by molar-refractivity contribution is 8.00. The van der Waals surface area contributed by atoms with E-state index in [1.165, 1.54) is 31.0 Å². The zero-order valence-electron chi connectivity index (χ0n) is 17.2. The van der Waals surface area contributed by atoms with Crippen molar-refractivity contribution < 1.29 is 19.1 Å². The Bertz CT molecular complexity index is 861. The van der Waals surface area contributed by atoms with E-state index in [4.69, 9.17) is 4.74 Å². The minimum absolute atomic E-state index is 0.0588. The molecule has 0 radical (unpaired) electrons. The number of thioether (sulfide) groups is 1. The molecule has 2 aromatic rings. The molecule has 1 aliphatic carbocycles. The van der Waals surface area contributed by atoms with E-state index in [1.54, 1.807) is 36.4 Å². The zero-order valence-corrected chi connectivity index (χ0v) is 18.0. The van der Waals surface area contributed by atoms with Crippen molar-refractivity contribution in [1.29, 1.82) is 0 Å². The smallest absolute Gasteiger partial charge is 0.321 e. The molecule has 30 heavy (non-hydrogen) atoms. The number of ketones is 1. The fourth-order valence-corrected chi connectivity index (χ4v) is 4.29. The van der Waals surface area contributed by atoms with Crippen LogP contribution >= 0.6 is 11.8 Å². The van der Waals surface area contributed by atoms with Crippen molar-refractivity contribution in [3.63, 3.8) is 0 Å². The molecule has 6 heteroatoms. The van der Waals surface area contributed by atoms with Gasteiger partial charge in [0.2, 0.25) is 5.91 Å². The average molecular weight is 426 g/mol. The second-order valence-corrected chi connectivity index (χ2v) is 8.47. The molecule has 3 rings (SSSR count). The van der Waals surface area contributed by atoms with Crippen molar-refractivity contribution in [2.75, 3.05) is 18.6 Å². The Kier molecular flexibility index (Phi) is 8.08. The highest BCUT2D eigenvalue weighted by atomic mass is 32.2. The van der Waals surface area contributed by atoms with Crippen LogP contribution in [0.4, 0.5) is 0 Å². The number of carbonyl (C=O) groups excluding carboxylic acids is 3. The van der Waals surface area contributed by atoms with Crippen LogP contribution in [0.5, 0.6) is 5.75 Å². The first-order valence-corrected chi connectivity index (χ1v) is 11.4. The third-order valence-corrected chi connectivity index (χ3v) is 6.24. The van der Waals surface area contributed by atoms with E-state index in [1.807, 2.05) is 30.1 Å². The Morgan fingerprint density at radius 1 is 0.900 bits per heavy atom. The maximum absolute atomic E-state index is 12.4. The molecular formula is C24H27NO4S. The van der Waals surface area contributed by atoms with Crippen molar-refractivity contribution in [3.05, 3.63) is 65.7 Å². The molecule has 158 valence electrons. The standard InChI is InChI=1S/C24H27NO4S/c1-25(20-10-6-3-7-11-20)22(26)16-30-17-23(27)29-21-14-12-19(13-15-21)24(28)18-8-4-2-5-9-18/h2,4-5,8-9,12-15,20H,3,6-7,10-11,16-17H2,1H3. The third kappa shape index (κ3) is 6.20. The van der Waals surface area contributed by atoms with Gasteiger partial charge in [-0.3, -0.25) is 14.4 Å². The van der Waals surface area contributed by atoms with Gasteiger partial charge in [-0.25, -0.2) is 0 Å². The number of esters is 1. The first kappa shape index (κ1) is 22.1. The lowest BCUT2D eigenvalue weighted by Crippen LogP contribution is -2.39. The molecule has 1 amide bonds. The van der Waals surface area contributed by atoms with Crippen LogP contribution in [0, 0.1) is 0 Å². The minimum atomic E-state index is -0.407. The first-order valence-electron chi connectivity index (χ1n) is 10.3. The Morgan fingerprint density at radius 3 is 2.20 bits per heavy atom. The molecule has 0 atom stereocenters. The molecule has 0 aliphatic heterocycles. The van der Waals surface area contributed by atoms with Crippen LogP contribution in [-0.4, -0.2) is 47.2 Å². The van der Waals surface area contributed by atoms with Gasteiger partial charge in [0, 0.05) is 24.2 Å². The fourth-order valence-electron chi connectivity index (χ4n) is 3.59. The number of benzene rings is 2. The molecule has 0 N–H and O–H groups in total. The van der Waals surface area contributed by atoms with Crippen LogP contribution in [0.25, 0.3) is 0 Å². The van der Waals surface area contributed by atoms with Gasteiger partial charge in [0.1, 0.15) is 5.75 Å². The summed E-state index contributed by atoms with van der Waals surface area (Å²) in [5.74, 6) is 0.334. The molecule has 0 heterocycles. The molecule has 2 aromatic carbocycles. The summed E-state index contributed by atoms with van der Waals surface area (Å²) in [7, 11) is 1.86. The highest BCUT2D eigenvalue weighted by Crippen LogP contribution is 2.22. The van der Waals surface area contributed by atoms with Crippen LogP contribution in [-0.2, 0) is 9.59 Å². The molecule has 0 aromatic heterocycles. The Balaban J connectivity index is 1.42. The second-order valence-electron chi connectivity index (χ2n) is 7.48. The van der Waals surface area contributed by atoms with Crippen molar-refractivity contribution in [2.45, 2.75) is 38.1 Å². The number of hydrogen-bond acceptors (Lipinski definition) is 5. The maximum atomic E-state index is 12.4. The van der Waals surface area contributed by atoms with E-state index in [-0.39, 0.29) is 23.2 Å². The summed E-state index contributed by atoms with van der Waals surface area (Å²) in [6.45, 7) is 0. The lowest BCUT2D eigenvalue weighted by Gasteiger charge is -2.31. The van der Waals surface area contributed by atoms with Crippen LogP contribution in [0.3, 0.4) is 0 Å². The third-order valence-electron chi connectivity index (χ3n) is 5.35. The summed E-state index contributed by atoms with van der Waals surface area (Å²) >= 11 is 1.27. The van der Waals surface area contributed by atoms with Gasteiger partial charge >= 0.3 is 5.97 Å². The van der Waals surface area contributed by atoms with Gasteiger partial charge in [0.15, 0.2) is 5.78 Å². The number of hydrogen-bond donors (Lipinski definition) is 0. The molecular weight excluding hydrogens is 398 g/mol. The fraction of sp³-hybridized carbons (Fsp3) is 0.375. The maximum Gasteiger partial charge on any atom is 0.321 e. The molecule has 0 bridgehead atoms. The van der Waals surface area contributed by atoms with E-state index < -0.39 is 5.97 Å². The number of rotatable bonds is 8. The summed E-state index contributed by atoms with van der Waals surface area (Å²) in [6.07, 6.45) is 5.74. The Hall–Kier alpha value is -2.60. The first-order chi connectivity index (χ1) is 14.5. The molecule has 0 spiro atoms. The lowest BCUT2D eigenvalue weighted by molar-refractivity contribution is -0.131. The number of nitrogens with zero attached hydrogens (tertiary/aromatic N) is 1. The van der Waals surface area contributed by atoms with Crippen LogP contribution < -0.4 is 4.74 Å². The van der Waals surface area contributed by atoms with Gasteiger partial charge in [0.05, 0.1) is 11.5 Å². The Labute approximate surface area is 181 Å². The van der Waals surface area contributed by atoms with E-state index >= 15 is 0 Å². The van der Waals surface area contributed by atoms with Gasteiger partial charge in [-0.15, -0.1) is 11.8 Å². The lowest BCUT2D eigenvalue weighted by atomic mass is 9.94. The van der Waals surface area contributed by atoms with Crippen LogP contribution in [0.15, 0.2) is 54.6 Å². The van der Waals surface area contributed by atoms with Gasteiger partial charge in [-0.1, -0.05) is 49.6 Å². The molecule has 0 saturated heterocycles. The van der Waals surface area contributed by atoms with Crippen molar-refractivity contribution in [1.82, 2.24) is 4.90 Å². The summed E-state index contributed by atoms with van der Waals surface area (Å²) in [5, 5.41) is 0. The quantitative estimate of drug-likeness (QED) is 0.357. The van der Waals surface area contributed by atoms with Crippen molar-refractivity contribution >= 4 is 29.4 Å². The summed E-state index contributed by atoms with van der Waals surface area (Å²) in [6, 6.07) is 15.9. The van der Waals surface area contributed by atoms with Crippen molar-refractivity contribution in [2.24, 2.45) is 0 Å². The molecule has 5 nitrogen and oxygen atoms in total. The summed E-state index contributed by atoms with van der Waals surface area (Å²) in [5.41, 5.74) is 1.15. The van der Waals surface area contributed by atoms with Gasteiger partial charge in [-0.05, 0) is 37.1 Å². The predicted octanol–water partition coefficient (Wildman–Crippen LogP) is 4.35. The molecule has 0 unspecified atom stereocenters. The SMILES string of the molecule is CN(C(=O)CSCC(=O)Oc1ccc(C(=O)c2ccccc2)cc1)C1CCCCC1. The van der Waals surface area contributed by atoms with E-state index in [9.17, 15) is 14.4 Å². The van der Waals surface area contributed by atoms with E-state index in [0.29, 0.717) is 22.9 Å². The number of amides is 1. The number of carbonyl (C=O) groups is 3.